The van der Waals surface area contributed by atoms with Crippen molar-refractivity contribution in [2.75, 3.05) is 0 Å². The van der Waals surface area contributed by atoms with Crippen molar-refractivity contribution >= 4 is 45.5 Å². The van der Waals surface area contributed by atoms with Gasteiger partial charge in [0.05, 0.1) is 15.5 Å². The summed E-state index contributed by atoms with van der Waals surface area (Å²) >= 11 is 1.68. The maximum Gasteiger partial charge on any atom is 0.271 e. The number of hydrogen-bond donors (Lipinski definition) is 4. The van der Waals surface area contributed by atoms with Crippen LogP contribution >= 0.6 is 11.3 Å². The second-order valence-electron chi connectivity index (χ2n) is 15.6. The van der Waals surface area contributed by atoms with Gasteiger partial charge in [0.1, 0.15) is 58.2 Å². The molecule has 0 aliphatic carbocycles. The first kappa shape index (κ1) is 56.6. The van der Waals surface area contributed by atoms with Crippen LogP contribution in [0.25, 0.3) is 21.8 Å². The van der Waals surface area contributed by atoms with E-state index in [9.17, 15) is 60.8 Å². The second-order valence-corrected chi connectivity index (χ2v) is 16.5. The molecule has 0 atom stereocenters. The zero-order chi connectivity index (χ0) is 52.6. The van der Waals surface area contributed by atoms with Crippen LogP contribution < -0.4 is 15.7 Å². The van der Waals surface area contributed by atoms with Crippen molar-refractivity contribution in [3.63, 3.8) is 0 Å². The molecule has 7 rings (SSSR count). The van der Waals surface area contributed by atoms with Crippen molar-refractivity contribution in [3.8, 4) is 57.2 Å². The van der Waals surface area contributed by atoms with E-state index in [1.807, 2.05) is 56.1 Å². The molecule has 377 valence electrons. The number of hydrogen-bond acceptors (Lipinski definition) is 18. The smallest absolute Gasteiger partial charge is 0.271 e. The number of azo groups is 2. The molecule has 0 bridgehead atoms. The Kier molecular flexibility index (Phi) is 20.4. The van der Waals surface area contributed by atoms with Crippen molar-refractivity contribution in [2.24, 2.45) is 27.5 Å². The van der Waals surface area contributed by atoms with Crippen LogP contribution in [0.15, 0.2) is 127 Å². The summed E-state index contributed by atoms with van der Waals surface area (Å²) in [7, 11) is 2.01. The van der Waals surface area contributed by atoms with E-state index in [1.165, 1.54) is 25.0 Å². The van der Waals surface area contributed by atoms with Crippen LogP contribution in [0.5, 0.6) is 23.3 Å². The van der Waals surface area contributed by atoms with Crippen LogP contribution in [0, 0.1) is 56.7 Å². The van der Waals surface area contributed by atoms with Gasteiger partial charge in [0.25, 0.3) is 22.5 Å². The quantitative estimate of drug-likeness (QED) is 0.0341. The average Bonchev–Trinajstić information content (AvgIpc) is 3.86. The standard InChI is InChI=1S/2C17H17N5O5.C15H13N2S.Co/c2*1-3-4-7-21-16(24)12(9-18)10(2)15(17(21)25)20-19-13-8-11(22(26)27)5-6-14(13)23;1-17-9-7-13(8-10-17)15-16-14(11-18-15)12-5-3-2-4-6-12;/h2*5-6,8,23,25H,3-4,7H2,1-2H3;2-11H,1H3;/q;;+1;. The summed E-state index contributed by atoms with van der Waals surface area (Å²) in [6.45, 7) is 7.08. The third-order valence-electron chi connectivity index (χ3n) is 10.7. The molecule has 4 N–H and O–H groups in total. The van der Waals surface area contributed by atoms with E-state index in [-0.39, 0.29) is 97.7 Å². The number of pyridine rings is 3. The van der Waals surface area contributed by atoms with E-state index in [4.69, 9.17) is 0 Å². The first-order valence-corrected chi connectivity index (χ1v) is 22.8. The SMILES string of the molecule is CCCCn1c(O)c(N=Nc2cc([N+](=O)[O-])ccc2O)c(C)c(C#N)c1=O.CCCCn1c(O)c(N=Nc2cc([N+](=O)[O-])ccc2O)c(C)c(C#N)c1=O.C[n+]1ccc(-c2nc(-c3ccccc3)cs2)cc1.[Co]. The summed E-state index contributed by atoms with van der Waals surface area (Å²) in [6.07, 6.45) is 6.81. The number of nitro benzene ring substituents is 2. The number of nitrogens with zero attached hydrogens (tertiary/aromatic N) is 12. The molecule has 4 heterocycles. The molecule has 3 aromatic carbocycles. The third-order valence-corrected chi connectivity index (χ3v) is 11.6. The molecule has 0 fully saturated rings. The molecule has 0 unspecified atom stereocenters. The number of benzene rings is 3. The zero-order valence-electron chi connectivity index (χ0n) is 39.8. The Bertz CT molecular complexity index is 3240. The summed E-state index contributed by atoms with van der Waals surface area (Å²) in [6, 6.07) is 24.5. The Labute approximate surface area is 430 Å². The minimum Gasteiger partial charge on any atom is -0.506 e. The van der Waals surface area contributed by atoms with Crippen LogP contribution in [-0.2, 0) is 36.9 Å². The minimum atomic E-state index is -0.653. The number of nitriles is 2. The average molecular weight is 1050 g/mol. The Hall–Kier alpha value is -8.97. The van der Waals surface area contributed by atoms with Gasteiger partial charge in [-0.25, -0.2) is 9.55 Å². The van der Waals surface area contributed by atoms with Crippen molar-refractivity contribution in [2.45, 2.75) is 66.5 Å². The van der Waals surface area contributed by atoms with Gasteiger partial charge in [-0.2, -0.15) is 10.5 Å². The molecular formula is C49H47CoN12O10S+. The van der Waals surface area contributed by atoms with Crippen LogP contribution in [-0.4, -0.2) is 44.4 Å². The Balaban J connectivity index is 0.000000240. The molecule has 0 amide bonds. The minimum absolute atomic E-state index is 0. The van der Waals surface area contributed by atoms with Gasteiger partial charge in [-0.15, -0.1) is 31.8 Å². The number of nitro groups is 2. The van der Waals surface area contributed by atoms with Gasteiger partial charge >= 0.3 is 0 Å². The number of phenolic OH excluding ortho intramolecular Hbond substituents is 2. The third kappa shape index (κ3) is 13.9. The summed E-state index contributed by atoms with van der Waals surface area (Å²) in [5.41, 5.74) is 0.815. The van der Waals surface area contributed by atoms with Crippen molar-refractivity contribution in [1.82, 2.24) is 14.1 Å². The first-order chi connectivity index (χ1) is 34.4. The predicted octanol–water partition coefficient (Wildman–Crippen LogP) is 10.4. The van der Waals surface area contributed by atoms with Gasteiger partial charge in [0.2, 0.25) is 11.8 Å². The topological polar surface area (TPSA) is 325 Å². The fourth-order valence-corrected chi connectivity index (χ4v) is 7.41. The monoisotopic (exact) mass is 1050 g/mol. The van der Waals surface area contributed by atoms with Crippen LogP contribution in [0.3, 0.4) is 0 Å². The normalized spacial score (nSPS) is 10.6. The van der Waals surface area contributed by atoms with Crippen molar-refractivity contribution in [1.29, 1.82) is 10.5 Å². The fraction of sp³-hybridized carbons (Fsp3) is 0.224. The van der Waals surface area contributed by atoms with Crippen LogP contribution in [0.1, 0.15) is 61.8 Å². The Morgan fingerprint density at radius 3 is 1.52 bits per heavy atom. The van der Waals surface area contributed by atoms with Gasteiger partial charge in [-0.1, -0.05) is 57.0 Å². The summed E-state index contributed by atoms with van der Waals surface area (Å²) in [4.78, 5) is 49.8. The van der Waals surface area contributed by atoms with E-state index >= 15 is 0 Å². The molecule has 0 spiro atoms. The number of rotatable bonds is 14. The molecule has 73 heavy (non-hydrogen) atoms. The van der Waals surface area contributed by atoms with Gasteiger partial charge in [-0.3, -0.25) is 39.0 Å². The summed E-state index contributed by atoms with van der Waals surface area (Å²) in [5.74, 6) is -1.61. The van der Waals surface area contributed by atoms with E-state index < -0.39 is 32.7 Å². The number of aromatic hydroxyl groups is 4. The maximum absolute atomic E-state index is 12.3. The van der Waals surface area contributed by atoms with E-state index in [0.717, 1.165) is 69.1 Å². The largest absolute Gasteiger partial charge is 0.506 e. The molecule has 0 saturated carbocycles. The fourth-order valence-electron chi connectivity index (χ4n) is 6.57. The number of thiazole rings is 1. The molecule has 1 radical (unpaired) electrons. The molecule has 0 aliphatic rings. The van der Waals surface area contributed by atoms with Gasteiger partial charge in [-0.05, 0) is 38.8 Å². The van der Waals surface area contributed by atoms with Gasteiger partial charge < -0.3 is 20.4 Å². The maximum atomic E-state index is 12.3. The number of aromatic nitrogens is 4. The molecule has 7 aromatic rings. The number of phenols is 2. The van der Waals surface area contributed by atoms with Crippen molar-refractivity contribution in [3.05, 3.63) is 160 Å². The second kappa shape index (κ2) is 26.3. The molecule has 22 nitrogen and oxygen atoms in total. The zero-order valence-corrected chi connectivity index (χ0v) is 41.7. The molecule has 0 saturated heterocycles. The number of unbranched alkanes of at least 4 members (excludes halogenated alkanes) is 2. The Morgan fingerprint density at radius 2 is 1.12 bits per heavy atom. The molecule has 24 heteroatoms. The predicted molar refractivity (Wildman–Crippen MR) is 265 cm³/mol. The van der Waals surface area contributed by atoms with Crippen LogP contribution in [0.4, 0.5) is 34.1 Å². The Morgan fingerprint density at radius 1 is 0.685 bits per heavy atom. The van der Waals surface area contributed by atoms with E-state index in [2.05, 4.69) is 55.1 Å². The van der Waals surface area contributed by atoms with Gasteiger partial charge in [0.15, 0.2) is 23.8 Å². The molecule has 0 aliphatic heterocycles. The first-order valence-electron chi connectivity index (χ1n) is 21.9. The summed E-state index contributed by atoms with van der Waals surface area (Å²) < 4.78 is 4.10. The summed E-state index contributed by atoms with van der Waals surface area (Å²) in [5, 5.41) is 99.0. The van der Waals surface area contributed by atoms with E-state index in [1.54, 1.807) is 23.5 Å². The molecule has 4 aromatic heterocycles. The van der Waals surface area contributed by atoms with E-state index in [0.29, 0.717) is 12.8 Å². The number of non-ortho nitro benzene ring substituents is 2. The number of aryl methyl sites for hydroxylation is 1. The van der Waals surface area contributed by atoms with Gasteiger partial charge in [0, 0.05) is 93.9 Å². The molecular weight excluding hydrogens is 1010 g/mol. The van der Waals surface area contributed by atoms with Crippen LogP contribution in [0.2, 0.25) is 0 Å². The van der Waals surface area contributed by atoms with Crippen molar-refractivity contribution < 1.29 is 51.6 Å².